The minimum absolute atomic E-state index is 0. The molecule has 0 radical (unpaired) electrons. The molecule has 0 unspecified atom stereocenters. The van der Waals surface area contributed by atoms with E-state index in [1.165, 1.54) is 0 Å². The Hall–Kier alpha value is 3.26. The van der Waals surface area contributed by atoms with Gasteiger partial charge in [-0.05, 0) is 0 Å². The first-order chi connectivity index (χ1) is 0. The molecular weight excluding hydrogens is 306 g/mol. The van der Waals surface area contributed by atoms with Crippen LogP contribution in [0, 0.1) is 0 Å². The van der Waals surface area contributed by atoms with Gasteiger partial charge in [0.15, 0.2) is 17.4 Å². The zero-order valence-electron chi connectivity index (χ0n) is 1.63. The van der Waals surface area contributed by atoms with Gasteiger partial charge in [0.05, 0.1) is 0 Å². The molecule has 0 aliphatic heterocycles. The second kappa shape index (κ2) is 40.9. The van der Waals surface area contributed by atoms with Crippen LogP contribution in [0.1, 0.15) is 0 Å². The Bertz CT molecular complexity index is 7.51. The van der Waals surface area contributed by atoms with Gasteiger partial charge in [-0.25, -0.2) is 0 Å². The summed E-state index contributed by atoms with van der Waals surface area (Å²) in [5.74, 6) is 0. The maximum absolute atomic E-state index is 0. The van der Waals surface area contributed by atoms with Gasteiger partial charge in [0, 0.05) is 0 Å². The molecule has 0 heterocycles. The van der Waals surface area contributed by atoms with Crippen molar-refractivity contribution in [2.75, 3.05) is 0 Å². The van der Waals surface area contributed by atoms with Gasteiger partial charge in [0.1, 0.15) is 0 Å². The van der Waals surface area contributed by atoms with E-state index in [0.717, 1.165) is 0 Å². The molecule has 0 aliphatic carbocycles. The molecule has 6 heteroatoms. The van der Waals surface area contributed by atoms with Crippen LogP contribution in [0.4, 0.5) is 0 Å². The Balaban J connectivity index is 0. The second-order valence-electron chi connectivity index (χ2n) is 0. The van der Waals surface area contributed by atoms with E-state index in [2.05, 4.69) is 0 Å². The van der Waals surface area contributed by atoms with Crippen molar-refractivity contribution in [1.82, 2.24) is 0 Å². The van der Waals surface area contributed by atoms with Gasteiger partial charge in [-0.15, -0.1) is 49.6 Å². The Morgan fingerprint density at radius 2 is 0.500 bits per heavy atom. The molecule has 0 atom stereocenters. The van der Waals surface area contributed by atoms with Crippen LogP contribution in [-0.2, 0) is 0 Å². The van der Waals surface area contributed by atoms with Gasteiger partial charge in [0.2, 0.25) is 0 Å². The Morgan fingerprint density at radius 1 is 0.500 bits per heavy atom. The van der Waals surface area contributed by atoms with Gasteiger partial charge in [0.25, 0.3) is 0 Å². The van der Waals surface area contributed by atoms with Crippen LogP contribution in [0.3, 0.4) is 0 Å². The number of rotatable bonds is 0. The third kappa shape index (κ3) is 26.8. The first kappa shape index (κ1) is 59.4. The first-order valence-electron chi connectivity index (χ1n) is 0. The standard InChI is InChI=1S/Al.Ba.4ClH.5H/h;;4*1H;;;;;. The van der Waals surface area contributed by atoms with Crippen molar-refractivity contribution in [1.29, 1.82) is 0 Å². The summed E-state index contributed by atoms with van der Waals surface area (Å²) < 4.78 is 0. The van der Waals surface area contributed by atoms with Gasteiger partial charge in [-0.2, -0.15) is 0 Å². The van der Waals surface area contributed by atoms with E-state index in [1.54, 1.807) is 0 Å². The summed E-state index contributed by atoms with van der Waals surface area (Å²) in [6.45, 7) is 0. The quantitative estimate of drug-likeness (QED) is 0.533. The molecule has 0 nitrogen and oxygen atoms in total. The fourth-order valence-electron chi connectivity index (χ4n) is 0. The van der Waals surface area contributed by atoms with Crippen LogP contribution in [0.5, 0.6) is 0 Å². The summed E-state index contributed by atoms with van der Waals surface area (Å²) in [4.78, 5) is 0. The van der Waals surface area contributed by atoms with E-state index in [-0.39, 0.29) is 116 Å². The average Bonchev–Trinajstić information content (AvgIpc) is 0. The predicted octanol–water partition coefficient (Wildman–Crippen LogP) is -0.413. The van der Waals surface area contributed by atoms with Gasteiger partial charge >= 0.3 is 48.9 Å². The van der Waals surface area contributed by atoms with E-state index in [0.29, 0.717) is 0 Å². The van der Waals surface area contributed by atoms with Crippen molar-refractivity contribution in [3.63, 3.8) is 0 Å². The van der Waals surface area contributed by atoms with Crippen molar-refractivity contribution in [3.8, 4) is 0 Å². The van der Waals surface area contributed by atoms with Gasteiger partial charge < -0.3 is 0 Å². The zero-order chi connectivity index (χ0) is 0. The fourth-order valence-corrected chi connectivity index (χ4v) is 0. The monoisotopic (exact) mass is 314 g/mol. The summed E-state index contributed by atoms with van der Waals surface area (Å²) in [6, 6.07) is 0. The first-order valence-corrected chi connectivity index (χ1v) is 0. The number of hydrogen-bond donors (Lipinski definition) is 0. The molecule has 0 fully saturated rings. The molecule has 0 amide bonds. The van der Waals surface area contributed by atoms with E-state index >= 15 is 0 Å². The molecule has 0 N–H and O–H groups in total. The van der Waals surface area contributed by atoms with Crippen LogP contribution in [-0.4, -0.2) is 66.2 Å². The third-order valence-corrected chi connectivity index (χ3v) is 0. The van der Waals surface area contributed by atoms with Crippen LogP contribution in [0.2, 0.25) is 0 Å². The topological polar surface area (TPSA) is 0 Å². The Kier molecular flexibility index (Phi) is 405. The van der Waals surface area contributed by atoms with Crippen molar-refractivity contribution >= 4 is 116 Å². The van der Waals surface area contributed by atoms with Crippen molar-refractivity contribution in [2.45, 2.75) is 0 Å². The number of halogens is 4. The molecule has 0 aromatic carbocycles. The Morgan fingerprint density at radius 3 is 0.500 bits per heavy atom. The van der Waals surface area contributed by atoms with Crippen molar-refractivity contribution < 1.29 is 0 Å². The molecule has 0 bridgehead atoms. The van der Waals surface area contributed by atoms with Crippen molar-refractivity contribution in [2.24, 2.45) is 0 Å². The molecule has 0 aliphatic rings. The summed E-state index contributed by atoms with van der Waals surface area (Å²) in [7, 11) is 0. The summed E-state index contributed by atoms with van der Waals surface area (Å²) in [5.41, 5.74) is 0. The zero-order valence-corrected chi connectivity index (χ0v) is 4.90. The van der Waals surface area contributed by atoms with Gasteiger partial charge in [-0.3, -0.25) is 0 Å². The molecule has 42 valence electrons. The van der Waals surface area contributed by atoms with E-state index in [4.69, 9.17) is 0 Å². The molecule has 0 saturated carbocycles. The SMILES string of the molecule is Cl.Cl.Cl.Cl.[AlH3].[BaH2]. The maximum atomic E-state index is 0. The molecule has 0 spiro atoms. The van der Waals surface area contributed by atoms with Crippen LogP contribution < -0.4 is 0 Å². The minimum atomic E-state index is 0. The van der Waals surface area contributed by atoms with E-state index < -0.39 is 0 Å². The molecule has 0 aromatic heterocycles. The average molecular weight is 315 g/mol. The normalized spacial score (nSPS) is 0. The second-order valence-corrected chi connectivity index (χ2v) is 0. The van der Waals surface area contributed by atoms with Gasteiger partial charge in [-0.1, -0.05) is 0 Å². The van der Waals surface area contributed by atoms with E-state index in [1.807, 2.05) is 0 Å². The molecule has 0 aromatic rings. The molecule has 0 rings (SSSR count). The van der Waals surface area contributed by atoms with Crippen LogP contribution in [0.25, 0.3) is 0 Å². The molecule has 0 saturated heterocycles. The fraction of sp³-hybridized carbons (Fsp3) is 0. The molecule has 6 heavy (non-hydrogen) atoms. The summed E-state index contributed by atoms with van der Waals surface area (Å²) in [5, 5.41) is 0. The number of hydrogen-bond acceptors (Lipinski definition) is 0. The van der Waals surface area contributed by atoms with Crippen molar-refractivity contribution in [3.05, 3.63) is 0 Å². The third-order valence-electron chi connectivity index (χ3n) is 0. The Labute approximate surface area is 113 Å². The van der Waals surface area contributed by atoms with Crippen LogP contribution in [0.15, 0.2) is 0 Å². The summed E-state index contributed by atoms with van der Waals surface area (Å²) >= 11 is 0. The predicted molar refractivity (Wildman–Crippen MR) is 47.5 cm³/mol. The van der Waals surface area contributed by atoms with E-state index in [9.17, 15) is 0 Å². The summed E-state index contributed by atoms with van der Waals surface area (Å²) in [6.07, 6.45) is 0. The molecular formula is H9AlBaCl4. The van der Waals surface area contributed by atoms with Crippen LogP contribution >= 0.6 is 49.6 Å².